The predicted molar refractivity (Wildman–Crippen MR) is 104 cm³/mol. The second kappa shape index (κ2) is 7.90. The maximum absolute atomic E-state index is 10.1. The highest BCUT2D eigenvalue weighted by atomic mass is 32.2. The summed E-state index contributed by atoms with van der Waals surface area (Å²) in [6.07, 6.45) is -0.636. The number of benzene rings is 2. The van der Waals surface area contributed by atoms with Crippen LogP contribution in [0.1, 0.15) is 0 Å². The number of nitrogens with zero attached hydrogens (tertiary/aromatic N) is 2. The van der Waals surface area contributed by atoms with Crippen molar-refractivity contribution in [2.45, 2.75) is 11.3 Å². The molecule has 7 heteroatoms. The zero-order valence-electron chi connectivity index (χ0n) is 13.7. The quantitative estimate of drug-likeness (QED) is 0.474. The molecule has 0 aliphatic heterocycles. The van der Waals surface area contributed by atoms with Crippen LogP contribution >= 0.6 is 23.1 Å². The summed E-state index contributed by atoms with van der Waals surface area (Å²) >= 11 is 2.86. The minimum absolute atomic E-state index is 0.206. The Morgan fingerprint density at radius 2 is 1.96 bits per heavy atom. The van der Waals surface area contributed by atoms with E-state index in [4.69, 9.17) is 9.15 Å². The van der Waals surface area contributed by atoms with Gasteiger partial charge in [0.1, 0.15) is 12.4 Å². The second-order valence-electron chi connectivity index (χ2n) is 5.64. The number of aromatic nitrogens is 2. The largest absolute Gasteiger partial charge is 0.491 e. The Morgan fingerprint density at radius 3 is 2.81 bits per heavy atom. The van der Waals surface area contributed by atoms with Gasteiger partial charge in [0, 0.05) is 5.75 Å². The van der Waals surface area contributed by atoms with E-state index in [0.717, 1.165) is 21.4 Å². The fourth-order valence-electron chi connectivity index (χ4n) is 2.43. The van der Waals surface area contributed by atoms with Crippen molar-refractivity contribution in [1.29, 1.82) is 0 Å². The van der Waals surface area contributed by atoms with Crippen LogP contribution in [0.25, 0.3) is 21.5 Å². The first-order valence-corrected chi connectivity index (χ1v) is 9.94. The van der Waals surface area contributed by atoms with Gasteiger partial charge in [0.2, 0.25) is 0 Å². The van der Waals surface area contributed by atoms with Crippen molar-refractivity contribution < 1.29 is 14.3 Å². The Morgan fingerprint density at radius 1 is 1.08 bits per heavy atom. The molecule has 4 rings (SSSR count). The normalized spacial score (nSPS) is 12.3. The lowest BCUT2D eigenvalue weighted by molar-refractivity contribution is 0.126. The molecule has 0 bridgehead atoms. The SMILES string of the molecule is OC(COc1ccc2ccccc2c1)CSc1nnc(-c2cccs2)o1. The molecule has 5 nitrogen and oxygen atoms in total. The average molecular weight is 384 g/mol. The highest BCUT2D eigenvalue weighted by Crippen LogP contribution is 2.27. The maximum Gasteiger partial charge on any atom is 0.276 e. The first-order chi connectivity index (χ1) is 12.8. The Hall–Kier alpha value is -2.35. The van der Waals surface area contributed by atoms with Crippen molar-refractivity contribution in [2.75, 3.05) is 12.4 Å². The number of hydrogen-bond donors (Lipinski definition) is 1. The van der Waals surface area contributed by atoms with Crippen LogP contribution in [-0.2, 0) is 0 Å². The Bertz CT molecular complexity index is 985. The van der Waals surface area contributed by atoms with E-state index in [1.807, 2.05) is 53.9 Å². The fourth-order valence-corrected chi connectivity index (χ4v) is 3.74. The number of ether oxygens (including phenoxy) is 1. The van der Waals surface area contributed by atoms with E-state index in [2.05, 4.69) is 16.3 Å². The summed E-state index contributed by atoms with van der Waals surface area (Å²) in [5, 5.41) is 22.8. The molecule has 2 aromatic heterocycles. The third kappa shape index (κ3) is 4.07. The minimum Gasteiger partial charge on any atom is -0.491 e. The highest BCUT2D eigenvalue weighted by molar-refractivity contribution is 7.99. The van der Waals surface area contributed by atoms with Gasteiger partial charge in [0.25, 0.3) is 11.1 Å². The van der Waals surface area contributed by atoms with Gasteiger partial charge in [0.15, 0.2) is 0 Å². The number of aliphatic hydroxyl groups excluding tert-OH is 1. The van der Waals surface area contributed by atoms with Crippen LogP contribution in [-0.4, -0.2) is 33.8 Å². The number of thiophene rings is 1. The molecule has 1 atom stereocenters. The van der Waals surface area contributed by atoms with E-state index in [-0.39, 0.29) is 6.61 Å². The number of fused-ring (bicyclic) bond motifs is 1. The monoisotopic (exact) mass is 384 g/mol. The summed E-state index contributed by atoms with van der Waals surface area (Å²) in [5.74, 6) is 1.66. The van der Waals surface area contributed by atoms with Gasteiger partial charge in [-0.3, -0.25) is 0 Å². The number of aliphatic hydroxyl groups is 1. The van der Waals surface area contributed by atoms with Gasteiger partial charge < -0.3 is 14.3 Å². The molecule has 1 unspecified atom stereocenters. The molecule has 2 heterocycles. The van der Waals surface area contributed by atoms with E-state index >= 15 is 0 Å². The molecular formula is C19H16N2O3S2. The maximum atomic E-state index is 10.1. The molecule has 132 valence electrons. The zero-order valence-corrected chi connectivity index (χ0v) is 15.4. The lowest BCUT2D eigenvalue weighted by Gasteiger charge is -2.11. The summed E-state index contributed by atoms with van der Waals surface area (Å²) in [4.78, 5) is 0.935. The molecule has 26 heavy (non-hydrogen) atoms. The van der Waals surface area contributed by atoms with Crippen molar-refractivity contribution in [2.24, 2.45) is 0 Å². The molecule has 0 fully saturated rings. The van der Waals surface area contributed by atoms with Crippen LogP contribution < -0.4 is 4.74 Å². The van der Waals surface area contributed by atoms with Gasteiger partial charge >= 0.3 is 0 Å². The molecule has 0 amide bonds. The number of rotatable bonds is 7. The summed E-state index contributed by atoms with van der Waals surface area (Å²) in [6, 6.07) is 17.8. The summed E-state index contributed by atoms with van der Waals surface area (Å²) in [5.41, 5.74) is 0. The molecule has 0 spiro atoms. The van der Waals surface area contributed by atoms with Crippen molar-refractivity contribution in [3.05, 3.63) is 60.0 Å². The van der Waals surface area contributed by atoms with Crippen LogP contribution in [0.5, 0.6) is 5.75 Å². The van der Waals surface area contributed by atoms with E-state index in [1.54, 1.807) is 11.3 Å². The van der Waals surface area contributed by atoms with E-state index < -0.39 is 6.10 Å². The minimum atomic E-state index is -0.636. The number of hydrogen-bond acceptors (Lipinski definition) is 7. The van der Waals surface area contributed by atoms with Gasteiger partial charge in [-0.05, 0) is 34.4 Å². The fraction of sp³-hybridized carbons (Fsp3) is 0.158. The summed E-state index contributed by atoms with van der Waals surface area (Å²) < 4.78 is 11.3. The zero-order chi connectivity index (χ0) is 17.8. The molecule has 0 saturated heterocycles. The molecule has 2 aromatic carbocycles. The Kier molecular flexibility index (Phi) is 5.19. The Labute approximate surface area is 158 Å². The molecule has 4 aromatic rings. The predicted octanol–water partition coefficient (Wildman–Crippen LogP) is 4.48. The van der Waals surface area contributed by atoms with Crippen molar-refractivity contribution >= 4 is 33.9 Å². The smallest absolute Gasteiger partial charge is 0.276 e. The average Bonchev–Trinajstić information content (AvgIpc) is 3.36. The van der Waals surface area contributed by atoms with E-state index in [9.17, 15) is 5.11 Å². The second-order valence-corrected chi connectivity index (χ2v) is 7.55. The lowest BCUT2D eigenvalue weighted by atomic mass is 10.1. The van der Waals surface area contributed by atoms with Gasteiger partial charge in [-0.2, -0.15) is 0 Å². The van der Waals surface area contributed by atoms with Gasteiger partial charge in [-0.1, -0.05) is 48.2 Å². The molecule has 0 aliphatic rings. The van der Waals surface area contributed by atoms with Crippen molar-refractivity contribution in [3.63, 3.8) is 0 Å². The topological polar surface area (TPSA) is 68.4 Å². The first-order valence-electron chi connectivity index (χ1n) is 8.08. The third-order valence-electron chi connectivity index (χ3n) is 3.70. The molecule has 0 saturated carbocycles. The molecular weight excluding hydrogens is 368 g/mol. The van der Waals surface area contributed by atoms with Crippen molar-refractivity contribution in [1.82, 2.24) is 10.2 Å². The van der Waals surface area contributed by atoms with Crippen LogP contribution in [0.15, 0.2) is 69.6 Å². The lowest BCUT2D eigenvalue weighted by Crippen LogP contribution is -2.20. The molecule has 0 radical (unpaired) electrons. The summed E-state index contributed by atoms with van der Waals surface area (Å²) in [7, 11) is 0. The molecule has 1 N–H and O–H groups in total. The van der Waals surface area contributed by atoms with Crippen molar-refractivity contribution in [3.8, 4) is 16.5 Å². The van der Waals surface area contributed by atoms with Crippen LogP contribution in [0, 0.1) is 0 Å². The number of thioether (sulfide) groups is 1. The Balaban J connectivity index is 1.29. The summed E-state index contributed by atoms with van der Waals surface area (Å²) in [6.45, 7) is 0.206. The molecule has 0 aliphatic carbocycles. The standard InChI is InChI=1S/C19H16N2O3S2/c22-15(11-23-16-8-7-13-4-1-2-5-14(13)10-16)12-26-19-21-20-18(24-19)17-6-3-9-25-17/h1-10,15,22H,11-12H2. The van der Waals surface area contributed by atoms with Gasteiger partial charge in [-0.25, -0.2) is 0 Å². The van der Waals surface area contributed by atoms with E-state index in [0.29, 0.717) is 16.9 Å². The van der Waals surface area contributed by atoms with Crippen LogP contribution in [0.4, 0.5) is 0 Å². The third-order valence-corrected chi connectivity index (χ3v) is 5.52. The van der Waals surface area contributed by atoms with E-state index in [1.165, 1.54) is 11.8 Å². The first kappa shape index (κ1) is 17.1. The van der Waals surface area contributed by atoms with Crippen LogP contribution in [0.2, 0.25) is 0 Å². The highest BCUT2D eigenvalue weighted by Gasteiger charge is 2.13. The van der Waals surface area contributed by atoms with Gasteiger partial charge in [0.05, 0.1) is 11.0 Å². The van der Waals surface area contributed by atoms with Crippen LogP contribution in [0.3, 0.4) is 0 Å². The van der Waals surface area contributed by atoms with Gasteiger partial charge in [-0.15, -0.1) is 21.5 Å².